The molecule has 1 unspecified atom stereocenters. The van der Waals surface area contributed by atoms with Crippen LogP contribution in [0, 0.1) is 5.92 Å². The molecule has 0 radical (unpaired) electrons. The second kappa shape index (κ2) is 13.7. The molecule has 0 spiro atoms. The molecule has 1 amide bonds. The molecule has 1 atom stereocenters. The van der Waals surface area contributed by atoms with E-state index in [2.05, 4.69) is 66.9 Å². The average Bonchev–Trinajstić information content (AvgIpc) is 3.34. The molecule has 1 aliphatic heterocycles. The van der Waals surface area contributed by atoms with Crippen LogP contribution < -0.4 is 0 Å². The number of benzene rings is 2. The van der Waals surface area contributed by atoms with Gasteiger partial charge in [0.25, 0.3) is 0 Å². The summed E-state index contributed by atoms with van der Waals surface area (Å²) in [6.07, 6.45) is 3.93. The van der Waals surface area contributed by atoms with Crippen molar-refractivity contribution in [1.29, 1.82) is 0 Å². The molecule has 4 rings (SSSR count). The topological polar surface area (TPSA) is 64.4 Å². The second-order valence-corrected chi connectivity index (χ2v) is 11.1. The monoisotopic (exact) mass is 533 g/mol. The summed E-state index contributed by atoms with van der Waals surface area (Å²) in [4.78, 5) is 31.9. The highest BCUT2D eigenvalue weighted by atomic mass is 32.2. The standard InChI is InChI=1S/C31H39N3O3S/c1-4-37-30(36)26-18-13-20-33(22-26)27(35)19-11-12-21-38-31-32-28(24-14-7-5-8-15-24)29(34(31)23(2)3)25-16-9-6-10-17-25/h5-10,14-17,23,26H,4,11-13,18-22H2,1-3H3. The molecule has 3 aromatic rings. The van der Waals surface area contributed by atoms with E-state index in [1.807, 2.05) is 24.0 Å². The van der Waals surface area contributed by atoms with Crippen molar-refractivity contribution in [1.82, 2.24) is 14.5 Å². The van der Waals surface area contributed by atoms with Crippen molar-refractivity contribution in [2.75, 3.05) is 25.4 Å². The molecule has 2 aromatic carbocycles. The van der Waals surface area contributed by atoms with E-state index in [-0.39, 0.29) is 23.8 Å². The van der Waals surface area contributed by atoms with Crippen molar-refractivity contribution >= 4 is 23.6 Å². The fourth-order valence-electron chi connectivity index (χ4n) is 5.02. The molecule has 202 valence electrons. The quantitative estimate of drug-likeness (QED) is 0.153. The number of nitrogens with zero attached hydrogens (tertiary/aromatic N) is 3. The van der Waals surface area contributed by atoms with Crippen molar-refractivity contribution < 1.29 is 14.3 Å². The van der Waals surface area contributed by atoms with E-state index >= 15 is 0 Å². The van der Waals surface area contributed by atoms with E-state index in [0.29, 0.717) is 19.6 Å². The van der Waals surface area contributed by atoms with Crippen molar-refractivity contribution in [2.45, 2.75) is 64.1 Å². The summed E-state index contributed by atoms with van der Waals surface area (Å²) in [5.41, 5.74) is 4.42. The lowest BCUT2D eigenvalue weighted by Crippen LogP contribution is -2.42. The fourth-order valence-corrected chi connectivity index (χ4v) is 6.15. The SMILES string of the molecule is CCOC(=O)C1CCCN(C(=O)CCCCSc2nc(-c3ccccc3)c(-c3ccccc3)n2C(C)C)C1. The van der Waals surface area contributed by atoms with Gasteiger partial charge in [0.2, 0.25) is 5.91 Å². The Balaban J connectivity index is 1.39. The van der Waals surface area contributed by atoms with Crippen LogP contribution in [0.4, 0.5) is 0 Å². The summed E-state index contributed by atoms with van der Waals surface area (Å²) in [5.74, 6) is 0.679. The highest BCUT2D eigenvalue weighted by Crippen LogP contribution is 2.38. The Labute approximate surface area is 230 Å². The molecule has 2 heterocycles. The van der Waals surface area contributed by atoms with Gasteiger partial charge in [0.05, 0.1) is 23.9 Å². The fraction of sp³-hybridized carbons (Fsp3) is 0.452. The Morgan fingerprint density at radius 1 is 1.03 bits per heavy atom. The van der Waals surface area contributed by atoms with Gasteiger partial charge in [0.1, 0.15) is 0 Å². The summed E-state index contributed by atoms with van der Waals surface area (Å²) < 4.78 is 7.51. The van der Waals surface area contributed by atoms with Crippen molar-refractivity contribution in [3.8, 4) is 22.5 Å². The molecule has 38 heavy (non-hydrogen) atoms. The van der Waals surface area contributed by atoms with Gasteiger partial charge in [-0.3, -0.25) is 9.59 Å². The predicted octanol–water partition coefficient (Wildman–Crippen LogP) is 6.86. The van der Waals surface area contributed by atoms with Gasteiger partial charge >= 0.3 is 5.97 Å². The maximum Gasteiger partial charge on any atom is 0.310 e. The van der Waals surface area contributed by atoms with Crippen LogP contribution in [0.1, 0.15) is 58.9 Å². The molecule has 7 heteroatoms. The Morgan fingerprint density at radius 2 is 1.71 bits per heavy atom. The van der Waals surface area contributed by atoms with Crippen molar-refractivity contribution in [2.24, 2.45) is 5.92 Å². The number of carbonyl (C=O) groups is 2. The third-order valence-electron chi connectivity index (χ3n) is 6.90. The van der Waals surface area contributed by atoms with Gasteiger partial charge in [0, 0.05) is 42.4 Å². The normalized spacial score (nSPS) is 15.6. The zero-order valence-corrected chi connectivity index (χ0v) is 23.6. The lowest BCUT2D eigenvalue weighted by Gasteiger charge is -2.31. The first-order chi connectivity index (χ1) is 18.5. The first kappa shape index (κ1) is 28.0. The Hall–Kier alpha value is -3.06. The van der Waals surface area contributed by atoms with E-state index in [4.69, 9.17) is 9.72 Å². The summed E-state index contributed by atoms with van der Waals surface area (Å²) in [6, 6.07) is 21.1. The van der Waals surface area contributed by atoms with Crippen molar-refractivity contribution in [3.63, 3.8) is 0 Å². The maximum atomic E-state index is 12.8. The number of thioether (sulfide) groups is 1. The number of esters is 1. The average molecular weight is 534 g/mol. The minimum absolute atomic E-state index is 0.144. The Kier molecular flexibility index (Phi) is 10.0. The van der Waals surface area contributed by atoms with Crippen LogP contribution >= 0.6 is 11.8 Å². The third-order valence-corrected chi connectivity index (χ3v) is 7.94. The molecule has 0 saturated carbocycles. The lowest BCUT2D eigenvalue weighted by molar-refractivity contribution is -0.151. The number of unbranched alkanes of at least 4 members (excludes halogenated alkanes) is 1. The second-order valence-electron chi connectivity index (χ2n) is 10.0. The van der Waals surface area contributed by atoms with Gasteiger partial charge in [-0.1, -0.05) is 72.4 Å². The van der Waals surface area contributed by atoms with E-state index in [1.54, 1.807) is 11.8 Å². The van der Waals surface area contributed by atoms with Crippen LogP contribution in [0.3, 0.4) is 0 Å². The van der Waals surface area contributed by atoms with E-state index in [0.717, 1.165) is 65.7 Å². The molecular formula is C31H39N3O3S. The summed E-state index contributed by atoms with van der Waals surface area (Å²) in [6.45, 7) is 7.83. The number of ether oxygens (including phenoxy) is 1. The molecule has 1 aliphatic rings. The molecule has 6 nitrogen and oxygen atoms in total. The van der Waals surface area contributed by atoms with Gasteiger partial charge < -0.3 is 14.2 Å². The van der Waals surface area contributed by atoms with Crippen LogP contribution in [0.5, 0.6) is 0 Å². The highest BCUT2D eigenvalue weighted by Gasteiger charge is 2.29. The molecular weight excluding hydrogens is 494 g/mol. The summed E-state index contributed by atoms with van der Waals surface area (Å²) >= 11 is 1.76. The van der Waals surface area contributed by atoms with E-state index in [9.17, 15) is 9.59 Å². The zero-order valence-electron chi connectivity index (χ0n) is 22.8. The minimum atomic E-state index is -0.185. The van der Waals surface area contributed by atoms with Gasteiger partial charge in [-0.25, -0.2) is 4.98 Å². The van der Waals surface area contributed by atoms with Gasteiger partial charge in [-0.05, 0) is 46.5 Å². The number of hydrogen-bond donors (Lipinski definition) is 0. The third kappa shape index (κ3) is 6.87. The smallest absolute Gasteiger partial charge is 0.310 e. The van der Waals surface area contributed by atoms with Crippen LogP contribution in [0.15, 0.2) is 65.8 Å². The first-order valence-corrected chi connectivity index (χ1v) is 14.8. The first-order valence-electron chi connectivity index (χ1n) is 13.8. The van der Waals surface area contributed by atoms with Crippen LogP contribution in [0.25, 0.3) is 22.5 Å². The maximum absolute atomic E-state index is 12.8. The lowest BCUT2D eigenvalue weighted by atomic mass is 9.98. The highest BCUT2D eigenvalue weighted by molar-refractivity contribution is 7.99. The van der Waals surface area contributed by atoms with E-state index in [1.165, 1.54) is 0 Å². The van der Waals surface area contributed by atoms with Crippen molar-refractivity contribution in [3.05, 3.63) is 60.7 Å². The molecule has 1 aromatic heterocycles. The summed E-state index contributed by atoms with van der Waals surface area (Å²) in [7, 11) is 0. The predicted molar refractivity (Wildman–Crippen MR) is 154 cm³/mol. The van der Waals surface area contributed by atoms with Crippen LogP contribution in [-0.2, 0) is 14.3 Å². The van der Waals surface area contributed by atoms with Gasteiger partial charge in [-0.15, -0.1) is 0 Å². The minimum Gasteiger partial charge on any atom is -0.466 e. The number of carbonyl (C=O) groups excluding carboxylic acids is 2. The number of aromatic nitrogens is 2. The molecule has 0 aliphatic carbocycles. The molecule has 1 saturated heterocycles. The molecule has 0 N–H and O–H groups in total. The Bertz CT molecular complexity index is 1190. The van der Waals surface area contributed by atoms with Crippen LogP contribution in [-0.4, -0.2) is 51.8 Å². The summed E-state index contributed by atoms with van der Waals surface area (Å²) in [5, 5.41) is 1.01. The van der Waals surface area contributed by atoms with Gasteiger partial charge in [-0.2, -0.15) is 0 Å². The number of piperidine rings is 1. The van der Waals surface area contributed by atoms with Gasteiger partial charge in [0.15, 0.2) is 5.16 Å². The number of likely N-dealkylation sites (tertiary alicyclic amines) is 1. The van der Waals surface area contributed by atoms with E-state index < -0.39 is 0 Å². The number of imidazole rings is 1. The number of hydrogen-bond acceptors (Lipinski definition) is 5. The molecule has 0 bridgehead atoms. The Morgan fingerprint density at radius 3 is 2.37 bits per heavy atom. The van der Waals surface area contributed by atoms with Crippen LogP contribution in [0.2, 0.25) is 0 Å². The number of amides is 1. The number of rotatable bonds is 11. The molecule has 1 fully saturated rings. The largest absolute Gasteiger partial charge is 0.466 e. The zero-order chi connectivity index (χ0) is 26.9.